The lowest BCUT2D eigenvalue weighted by Gasteiger charge is -2.08. The maximum atomic E-state index is 14.8. The first-order valence-corrected chi connectivity index (χ1v) is 9.74. The molecular formula is C22H22FN5O3. The molecule has 0 spiro atoms. The molecule has 0 saturated heterocycles. The number of aromatic amines is 1. The van der Waals surface area contributed by atoms with Gasteiger partial charge in [0.2, 0.25) is 17.7 Å². The van der Waals surface area contributed by atoms with Gasteiger partial charge in [-0.15, -0.1) is 0 Å². The molecule has 0 bridgehead atoms. The summed E-state index contributed by atoms with van der Waals surface area (Å²) in [5, 5.41) is 0.728. The molecule has 4 aromatic heterocycles. The first kappa shape index (κ1) is 20.7. The molecule has 0 radical (unpaired) electrons. The lowest BCUT2D eigenvalue weighted by atomic mass is 10.1. The number of ether oxygens (including phenoxy) is 3. The van der Waals surface area contributed by atoms with Crippen molar-refractivity contribution < 1.29 is 18.6 Å². The highest BCUT2D eigenvalue weighted by atomic mass is 19.1. The minimum Gasteiger partial charge on any atom is -0.481 e. The fourth-order valence-corrected chi connectivity index (χ4v) is 3.25. The molecule has 1 N–H and O–H groups in total. The van der Waals surface area contributed by atoms with Gasteiger partial charge in [0.15, 0.2) is 0 Å². The summed E-state index contributed by atoms with van der Waals surface area (Å²) in [6.45, 7) is 0.799. The van der Waals surface area contributed by atoms with Crippen molar-refractivity contribution in [2.75, 3.05) is 27.4 Å². The zero-order chi connectivity index (χ0) is 21.6. The monoisotopic (exact) mass is 423 g/mol. The van der Waals surface area contributed by atoms with Crippen LogP contribution in [-0.4, -0.2) is 52.4 Å². The van der Waals surface area contributed by atoms with Gasteiger partial charge in [-0.2, -0.15) is 4.39 Å². The van der Waals surface area contributed by atoms with Crippen LogP contribution in [0.25, 0.3) is 11.0 Å². The Morgan fingerprint density at radius 3 is 2.61 bits per heavy atom. The second-order valence-electron chi connectivity index (χ2n) is 6.87. The first-order valence-electron chi connectivity index (χ1n) is 9.74. The predicted octanol–water partition coefficient (Wildman–Crippen LogP) is 3.10. The zero-order valence-corrected chi connectivity index (χ0v) is 17.3. The highest BCUT2D eigenvalue weighted by Crippen LogP contribution is 2.27. The number of hydrogen-bond donors (Lipinski definition) is 1. The molecular weight excluding hydrogens is 401 g/mol. The molecule has 4 heterocycles. The highest BCUT2D eigenvalue weighted by molar-refractivity contribution is 5.85. The topological polar surface area (TPSA) is 95.0 Å². The second kappa shape index (κ2) is 9.48. The van der Waals surface area contributed by atoms with Crippen LogP contribution in [0.4, 0.5) is 4.39 Å². The smallest absolute Gasteiger partial charge is 0.226 e. The second-order valence-corrected chi connectivity index (χ2v) is 6.87. The Labute approximate surface area is 178 Å². The van der Waals surface area contributed by atoms with E-state index >= 15 is 0 Å². The number of nitrogens with one attached hydrogen (secondary N) is 1. The van der Waals surface area contributed by atoms with E-state index in [9.17, 15) is 4.39 Å². The SMILES string of the molecule is COCCOc1ncnc2[nH]cc(Cc3ccc(Cc4ccc(OC)nc4)nc3F)c12. The Kier molecular flexibility index (Phi) is 6.32. The number of hydrogen-bond acceptors (Lipinski definition) is 7. The molecule has 0 aromatic carbocycles. The van der Waals surface area contributed by atoms with E-state index in [0.717, 1.165) is 16.5 Å². The van der Waals surface area contributed by atoms with Crippen LogP contribution in [0.5, 0.6) is 11.8 Å². The van der Waals surface area contributed by atoms with Gasteiger partial charge < -0.3 is 19.2 Å². The van der Waals surface area contributed by atoms with Crippen molar-refractivity contribution in [3.8, 4) is 11.8 Å². The van der Waals surface area contributed by atoms with Crippen LogP contribution >= 0.6 is 0 Å². The Bertz CT molecular complexity index is 1160. The molecule has 4 rings (SSSR count). The number of methoxy groups -OCH3 is 2. The van der Waals surface area contributed by atoms with Crippen LogP contribution in [0.3, 0.4) is 0 Å². The van der Waals surface area contributed by atoms with Gasteiger partial charge in [0.25, 0.3) is 0 Å². The van der Waals surface area contributed by atoms with Crippen molar-refractivity contribution >= 4 is 11.0 Å². The maximum Gasteiger partial charge on any atom is 0.226 e. The summed E-state index contributed by atoms with van der Waals surface area (Å²) in [6.07, 6.45) is 5.72. The van der Waals surface area contributed by atoms with Crippen LogP contribution in [0.15, 0.2) is 43.0 Å². The van der Waals surface area contributed by atoms with Crippen LogP contribution in [-0.2, 0) is 17.6 Å². The summed E-state index contributed by atoms with van der Waals surface area (Å²) in [7, 11) is 3.16. The molecule has 0 unspecified atom stereocenters. The van der Waals surface area contributed by atoms with Gasteiger partial charge in [-0.25, -0.2) is 19.9 Å². The van der Waals surface area contributed by atoms with E-state index in [1.807, 2.05) is 12.1 Å². The molecule has 31 heavy (non-hydrogen) atoms. The average Bonchev–Trinajstić information content (AvgIpc) is 3.20. The fourth-order valence-electron chi connectivity index (χ4n) is 3.25. The quantitative estimate of drug-likeness (QED) is 0.326. The molecule has 0 aliphatic heterocycles. The van der Waals surface area contributed by atoms with E-state index in [-0.39, 0.29) is 0 Å². The summed E-state index contributed by atoms with van der Waals surface area (Å²) in [5.74, 6) is 0.467. The van der Waals surface area contributed by atoms with Crippen molar-refractivity contribution in [1.29, 1.82) is 0 Å². The Morgan fingerprint density at radius 2 is 1.87 bits per heavy atom. The van der Waals surface area contributed by atoms with E-state index < -0.39 is 5.95 Å². The lowest BCUT2D eigenvalue weighted by molar-refractivity contribution is 0.144. The van der Waals surface area contributed by atoms with Crippen molar-refractivity contribution in [1.82, 2.24) is 24.9 Å². The Balaban J connectivity index is 1.53. The third kappa shape index (κ3) is 4.77. The molecule has 0 aliphatic rings. The van der Waals surface area contributed by atoms with E-state index in [1.54, 1.807) is 38.7 Å². The summed E-state index contributed by atoms with van der Waals surface area (Å²) in [4.78, 5) is 19.8. The fraction of sp³-hybridized carbons (Fsp3) is 0.273. The molecule has 0 atom stereocenters. The number of nitrogens with zero attached hydrogens (tertiary/aromatic N) is 4. The molecule has 0 amide bonds. The van der Waals surface area contributed by atoms with Crippen LogP contribution < -0.4 is 9.47 Å². The van der Waals surface area contributed by atoms with Crippen molar-refractivity contribution in [2.24, 2.45) is 0 Å². The zero-order valence-electron chi connectivity index (χ0n) is 17.3. The normalized spacial score (nSPS) is 11.1. The van der Waals surface area contributed by atoms with E-state index in [0.29, 0.717) is 54.7 Å². The first-order chi connectivity index (χ1) is 15.2. The van der Waals surface area contributed by atoms with Gasteiger partial charge in [-0.1, -0.05) is 12.1 Å². The Hall–Kier alpha value is -3.59. The largest absolute Gasteiger partial charge is 0.481 e. The molecule has 160 valence electrons. The minimum absolute atomic E-state index is 0.331. The molecule has 0 aliphatic carbocycles. The third-order valence-corrected chi connectivity index (χ3v) is 4.80. The molecule has 0 fully saturated rings. The number of aromatic nitrogens is 5. The predicted molar refractivity (Wildman–Crippen MR) is 112 cm³/mol. The van der Waals surface area contributed by atoms with Gasteiger partial charge in [0.1, 0.15) is 18.6 Å². The Morgan fingerprint density at radius 1 is 0.968 bits per heavy atom. The van der Waals surface area contributed by atoms with Gasteiger partial charge in [0, 0.05) is 49.7 Å². The summed E-state index contributed by atoms with van der Waals surface area (Å²) in [6, 6.07) is 7.23. The van der Waals surface area contributed by atoms with E-state index in [4.69, 9.17) is 14.2 Å². The number of fused-ring (bicyclic) bond motifs is 1. The highest BCUT2D eigenvalue weighted by Gasteiger charge is 2.15. The molecule has 9 heteroatoms. The van der Waals surface area contributed by atoms with Gasteiger partial charge in [0.05, 0.1) is 19.1 Å². The summed E-state index contributed by atoms with van der Waals surface area (Å²) in [5.41, 5.74) is 3.49. The number of halogens is 1. The van der Waals surface area contributed by atoms with Gasteiger partial charge >= 0.3 is 0 Å². The van der Waals surface area contributed by atoms with Crippen molar-refractivity contribution in [3.05, 3.63) is 71.3 Å². The van der Waals surface area contributed by atoms with Gasteiger partial charge in [-0.05, 0) is 17.2 Å². The van der Waals surface area contributed by atoms with Crippen LogP contribution in [0.1, 0.15) is 22.4 Å². The maximum absolute atomic E-state index is 14.8. The van der Waals surface area contributed by atoms with Crippen molar-refractivity contribution in [2.45, 2.75) is 12.8 Å². The minimum atomic E-state index is -0.507. The molecule has 4 aromatic rings. The number of H-pyrrole nitrogens is 1. The molecule has 8 nitrogen and oxygen atoms in total. The van der Waals surface area contributed by atoms with Crippen LogP contribution in [0.2, 0.25) is 0 Å². The summed E-state index contributed by atoms with van der Waals surface area (Å²) < 4.78 is 30.6. The van der Waals surface area contributed by atoms with Crippen LogP contribution in [0, 0.1) is 5.95 Å². The van der Waals surface area contributed by atoms with Gasteiger partial charge in [-0.3, -0.25) is 0 Å². The number of rotatable bonds is 9. The lowest BCUT2D eigenvalue weighted by Crippen LogP contribution is -2.06. The van der Waals surface area contributed by atoms with Crippen molar-refractivity contribution in [3.63, 3.8) is 0 Å². The average molecular weight is 423 g/mol. The van der Waals surface area contributed by atoms with E-state index in [1.165, 1.54) is 6.33 Å². The van der Waals surface area contributed by atoms with E-state index in [2.05, 4.69) is 24.9 Å². The number of pyridine rings is 2. The standard InChI is InChI=1S/C22H22FN5O3/c1-29-7-8-31-22-19-16(12-25-21(19)26-13-27-22)10-15-4-5-17(28-20(15)23)9-14-3-6-18(30-2)24-11-14/h3-6,11-13H,7-10H2,1-2H3,(H,25,26,27). The summed E-state index contributed by atoms with van der Waals surface area (Å²) >= 11 is 0. The molecule has 0 saturated carbocycles. The third-order valence-electron chi connectivity index (χ3n) is 4.80.